The Morgan fingerprint density at radius 1 is 1.28 bits per heavy atom. The molecule has 18 heavy (non-hydrogen) atoms. The Morgan fingerprint density at radius 3 is 2.67 bits per heavy atom. The maximum Gasteiger partial charge on any atom is 0.147 e. The summed E-state index contributed by atoms with van der Waals surface area (Å²) in [6.07, 6.45) is 7.74. The predicted molar refractivity (Wildman–Crippen MR) is 74.6 cm³/mol. The van der Waals surface area contributed by atoms with Gasteiger partial charge >= 0.3 is 0 Å². The van der Waals surface area contributed by atoms with Gasteiger partial charge in [-0.2, -0.15) is 0 Å². The van der Waals surface area contributed by atoms with Gasteiger partial charge in [0.05, 0.1) is 18.1 Å². The van der Waals surface area contributed by atoms with E-state index in [0.29, 0.717) is 0 Å². The Balaban J connectivity index is 1.95. The summed E-state index contributed by atoms with van der Waals surface area (Å²) >= 11 is 0. The second-order valence-electron chi connectivity index (χ2n) is 5.04. The molecule has 1 aliphatic carbocycles. The smallest absolute Gasteiger partial charge is 0.147 e. The van der Waals surface area contributed by atoms with Crippen molar-refractivity contribution in [2.45, 2.75) is 39.7 Å². The Labute approximate surface area is 110 Å². The van der Waals surface area contributed by atoms with Gasteiger partial charge in [0.2, 0.25) is 0 Å². The average Bonchev–Trinajstić information content (AvgIpc) is 3.20. The van der Waals surface area contributed by atoms with Crippen LogP contribution in [0.4, 0.5) is 5.82 Å². The third-order valence-corrected chi connectivity index (χ3v) is 3.24. The van der Waals surface area contributed by atoms with E-state index in [1.807, 2.05) is 12.4 Å². The molecule has 1 aromatic rings. The van der Waals surface area contributed by atoms with Crippen LogP contribution in [0.25, 0.3) is 0 Å². The largest absolute Gasteiger partial charge is 0.355 e. The third kappa shape index (κ3) is 3.95. The number of aromatic nitrogens is 2. The normalized spacial score (nSPS) is 14.8. The van der Waals surface area contributed by atoms with Gasteiger partial charge in [-0.3, -0.25) is 4.98 Å². The highest BCUT2D eigenvalue weighted by Crippen LogP contribution is 2.30. The van der Waals surface area contributed by atoms with Gasteiger partial charge in [0.25, 0.3) is 0 Å². The van der Waals surface area contributed by atoms with E-state index < -0.39 is 0 Å². The van der Waals surface area contributed by atoms with Crippen LogP contribution in [0.3, 0.4) is 0 Å². The van der Waals surface area contributed by atoms with Crippen molar-refractivity contribution >= 4 is 5.82 Å². The Morgan fingerprint density at radius 2 is 2.11 bits per heavy atom. The fourth-order valence-electron chi connectivity index (χ4n) is 2.04. The highest BCUT2D eigenvalue weighted by molar-refractivity contribution is 5.36. The number of nitrogens with zero attached hydrogens (tertiary/aromatic N) is 3. The highest BCUT2D eigenvalue weighted by Gasteiger charge is 2.24. The molecule has 0 aromatic carbocycles. The first-order valence-electron chi connectivity index (χ1n) is 7.10. The Kier molecular flexibility index (Phi) is 4.93. The highest BCUT2D eigenvalue weighted by atomic mass is 15.2. The Hall–Kier alpha value is -1.16. The Bertz CT molecular complexity index is 345. The van der Waals surface area contributed by atoms with E-state index in [-0.39, 0.29) is 0 Å². The summed E-state index contributed by atoms with van der Waals surface area (Å²) in [5.74, 6) is 1.92. The molecule has 1 aromatic heterocycles. The third-order valence-electron chi connectivity index (χ3n) is 3.24. The van der Waals surface area contributed by atoms with Crippen molar-refractivity contribution in [1.29, 1.82) is 0 Å². The van der Waals surface area contributed by atoms with Gasteiger partial charge in [-0.05, 0) is 31.7 Å². The van der Waals surface area contributed by atoms with Crippen molar-refractivity contribution in [2.75, 3.05) is 24.5 Å². The van der Waals surface area contributed by atoms with Crippen LogP contribution in [0, 0.1) is 5.92 Å². The molecule has 1 saturated carbocycles. The van der Waals surface area contributed by atoms with Crippen LogP contribution in [0.15, 0.2) is 12.4 Å². The summed E-state index contributed by atoms with van der Waals surface area (Å²) in [6, 6.07) is 0. The summed E-state index contributed by atoms with van der Waals surface area (Å²) in [5, 5.41) is 3.26. The maximum atomic E-state index is 4.55. The quantitative estimate of drug-likeness (QED) is 0.766. The minimum absolute atomic E-state index is 0.806. The predicted octanol–water partition coefficient (Wildman–Crippen LogP) is 2.21. The van der Waals surface area contributed by atoms with Crippen LogP contribution < -0.4 is 10.2 Å². The summed E-state index contributed by atoms with van der Waals surface area (Å²) in [5.41, 5.74) is 1.02. The first kappa shape index (κ1) is 13.3. The van der Waals surface area contributed by atoms with E-state index in [0.717, 1.165) is 50.0 Å². The molecule has 4 nitrogen and oxygen atoms in total. The van der Waals surface area contributed by atoms with Gasteiger partial charge in [-0.25, -0.2) is 4.98 Å². The number of rotatable bonds is 8. The number of hydrogen-bond donors (Lipinski definition) is 1. The minimum atomic E-state index is 0.806. The van der Waals surface area contributed by atoms with E-state index in [9.17, 15) is 0 Å². The summed E-state index contributed by atoms with van der Waals surface area (Å²) in [6.45, 7) is 8.31. The molecule has 1 heterocycles. The monoisotopic (exact) mass is 248 g/mol. The number of anilines is 1. The molecule has 0 radical (unpaired) electrons. The van der Waals surface area contributed by atoms with Crippen LogP contribution in [-0.4, -0.2) is 29.6 Å². The molecule has 2 rings (SSSR count). The summed E-state index contributed by atoms with van der Waals surface area (Å²) in [7, 11) is 0. The topological polar surface area (TPSA) is 41.1 Å². The van der Waals surface area contributed by atoms with Crippen molar-refractivity contribution in [1.82, 2.24) is 15.3 Å². The SMILES string of the molecule is CCCN(CC1CC1)c1cnc(CNCC)cn1. The molecule has 0 spiro atoms. The van der Waals surface area contributed by atoms with E-state index >= 15 is 0 Å². The molecule has 0 unspecified atom stereocenters. The molecule has 0 amide bonds. The van der Waals surface area contributed by atoms with E-state index in [2.05, 4.69) is 34.0 Å². The van der Waals surface area contributed by atoms with Gasteiger partial charge in [0.15, 0.2) is 0 Å². The molecule has 0 atom stereocenters. The molecule has 1 N–H and O–H groups in total. The zero-order valence-corrected chi connectivity index (χ0v) is 11.5. The van der Waals surface area contributed by atoms with Crippen LogP contribution >= 0.6 is 0 Å². The molecule has 1 aliphatic rings. The van der Waals surface area contributed by atoms with Crippen LogP contribution in [0.1, 0.15) is 38.8 Å². The average molecular weight is 248 g/mol. The molecular formula is C14H24N4. The van der Waals surface area contributed by atoms with Crippen LogP contribution in [0.2, 0.25) is 0 Å². The molecule has 0 bridgehead atoms. The lowest BCUT2D eigenvalue weighted by atomic mass is 10.3. The minimum Gasteiger partial charge on any atom is -0.355 e. The van der Waals surface area contributed by atoms with Crippen molar-refractivity contribution in [3.63, 3.8) is 0 Å². The summed E-state index contributed by atoms with van der Waals surface area (Å²) in [4.78, 5) is 11.4. The lowest BCUT2D eigenvalue weighted by Crippen LogP contribution is -2.27. The number of hydrogen-bond acceptors (Lipinski definition) is 4. The number of nitrogens with one attached hydrogen (secondary N) is 1. The molecule has 0 saturated heterocycles. The van der Waals surface area contributed by atoms with E-state index in [1.165, 1.54) is 12.8 Å². The van der Waals surface area contributed by atoms with Crippen molar-refractivity contribution in [3.05, 3.63) is 18.1 Å². The molecule has 0 aliphatic heterocycles. The summed E-state index contributed by atoms with van der Waals surface area (Å²) < 4.78 is 0. The second kappa shape index (κ2) is 6.69. The fraction of sp³-hybridized carbons (Fsp3) is 0.714. The zero-order chi connectivity index (χ0) is 12.8. The van der Waals surface area contributed by atoms with Crippen molar-refractivity contribution < 1.29 is 0 Å². The standard InChI is InChI=1S/C14H24N4/c1-3-7-18(11-12-5-6-12)14-10-16-13(9-17-14)8-15-4-2/h9-10,12,15H,3-8,11H2,1-2H3. The van der Waals surface area contributed by atoms with Gasteiger partial charge in [-0.1, -0.05) is 13.8 Å². The lowest BCUT2D eigenvalue weighted by Gasteiger charge is -2.22. The van der Waals surface area contributed by atoms with Crippen LogP contribution in [0.5, 0.6) is 0 Å². The van der Waals surface area contributed by atoms with Gasteiger partial charge in [0.1, 0.15) is 5.82 Å². The molecule has 4 heteroatoms. The van der Waals surface area contributed by atoms with Crippen molar-refractivity contribution in [3.8, 4) is 0 Å². The van der Waals surface area contributed by atoms with Crippen LogP contribution in [-0.2, 0) is 6.54 Å². The maximum absolute atomic E-state index is 4.55. The second-order valence-corrected chi connectivity index (χ2v) is 5.04. The van der Waals surface area contributed by atoms with Gasteiger partial charge < -0.3 is 10.2 Å². The molecule has 100 valence electrons. The fourth-order valence-corrected chi connectivity index (χ4v) is 2.04. The zero-order valence-electron chi connectivity index (χ0n) is 11.5. The van der Waals surface area contributed by atoms with E-state index in [4.69, 9.17) is 0 Å². The first-order valence-corrected chi connectivity index (χ1v) is 7.10. The first-order chi connectivity index (χ1) is 8.83. The van der Waals surface area contributed by atoms with Gasteiger partial charge in [-0.15, -0.1) is 0 Å². The molecular weight excluding hydrogens is 224 g/mol. The van der Waals surface area contributed by atoms with E-state index in [1.54, 1.807) is 0 Å². The molecule has 1 fully saturated rings. The van der Waals surface area contributed by atoms with Gasteiger partial charge in [0, 0.05) is 19.6 Å². The lowest BCUT2D eigenvalue weighted by molar-refractivity contribution is 0.686. The van der Waals surface area contributed by atoms with Crippen molar-refractivity contribution in [2.24, 2.45) is 5.92 Å².